The smallest absolute Gasteiger partial charge is 0.369 e. The Morgan fingerprint density at radius 1 is 1.06 bits per heavy atom. The van der Waals surface area contributed by atoms with Gasteiger partial charge < -0.3 is 16.0 Å². The van der Waals surface area contributed by atoms with Crippen molar-refractivity contribution in [3.8, 4) is 11.1 Å². The van der Waals surface area contributed by atoms with Crippen molar-refractivity contribution in [1.29, 1.82) is 0 Å². The van der Waals surface area contributed by atoms with Gasteiger partial charge in [-0.25, -0.2) is 15.0 Å². The molecule has 3 N–H and O–H groups in total. The Kier molecular flexibility index (Phi) is 7.47. The van der Waals surface area contributed by atoms with Crippen LogP contribution in [0.5, 0.6) is 0 Å². The van der Waals surface area contributed by atoms with Crippen molar-refractivity contribution in [2.24, 2.45) is 11.7 Å². The van der Waals surface area contributed by atoms with Crippen LogP contribution in [0.1, 0.15) is 35.2 Å². The Labute approximate surface area is 205 Å². The number of carbonyl (C=O) groups excluding carboxylic acids is 2. The number of pyridine rings is 1. The Morgan fingerprint density at radius 3 is 2.33 bits per heavy atom. The van der Waals surface area contributed by atoms with Crippen LogP contribution >= 0.6 is 0 Å². The number of aromatic nitrogens is 3. The maximum absolute atomic E-state index is 12.9. The molecule has 1 aliphatic heterocycles. The first kappa shape index (κ1) is 25.1. The highest BCUT2D eigenvalue weighted by atomic mass is 19.4. The van der Waals surface area contributed by atoms with Gasteiger partial charge in [-0.1, -0.05) is 12.1 Å². The number of halogens is 3. The number of amides is 2. The van der Waals surface area contributed by atoms with Gasteiger partial charge in [0.2, 0.25) is 5.91 Å². The van der Waals surface area contributed by atoms with Crippen LogP contribution in [-0.4, -0.2) is 46.0 Å². The third-order valence-electron chi connectivity index (χ3n) is 6.11. The number of anilines is 2. The van der Waals surface area contributed by atoms with Gasteiger partial charge in [0.15, 0.2) is 0 Å². The van der Waals surface area contributed by atoms with Gasteiger partial charge in [-0.15, -0.1) is 0 Å². The van der Waals surface area contributed by atoms with Crippen LogP contribution in [0.25, 0.3) is 11.1 Å². The molecule has 1 aliphatic rings. The second-order valence-electron chi connectivity index (χ2n) is 8.65. The first-order valence-electron chi connectivity index (χ1n) is 11.5. The molecule has 0 unspecified atom stereocenters. The Morgan fingerprint density at radius 2 is 1.72 bits per heavy atom. The van der Waals surface area contributed by atoms with Crippen LogP contribution in [0.2, 0.25) is 0 Å². The molecule has 4 rings (SSSR count). The number of rotatable bonds is 7. The first-order valence-corrected chi connectivity index (χ1v) is 11.5. The molecule has 1 saturated heterocycles. The zero-order valence-electron chi connectivity index (χ0n) is 19.3. The van der Waals surface area contributed by atoms with E-state index in [0.29, 0.717) is 59.7 Å². The second-order valence-corrected chi connectivity index (χ2v) is 8.65. The number of aryl methyl sites for hydroxylation is 1. The molecular weight excluding hydrogens is 473 g/mol. The lowest BCUT2D eigenvalue weighted by Crippen LogP contribution is -2.39. The largest absolute Gasteiger partial charge is 0.389 e. The highest BCUT2D eigenvalue weighted by molar-refractivity contribution is 6.05. The lowest BCUT2D eigenvalue weighted by molar-refractivity contribution is -0.134. The predicted octanol–water partition coefficient (Wildman–Crippen LogP) is 3.99. The summed E-state index contributed by atoms with van der Waals surface area (Å²) in [6.45, 7) is 1.18. The fourth-order valence-corrected chi connectivity index (χ4v) is 4.10. The number of alkyl halides is 3. The summed E-state index contributed by atoms with van der Waals surface area (Å²) >= 11 is 0. The van der Waals surface area contributed by atoms with Gasteiger partial charge in [0.25, 0.3) is 5.91 Å². The van der Waals surface area contributed by atoms with E-state index in [1.165, 1.54) is 12.5 Å². The van der Waals surface area contributed by atoms with Crippen LogP contribution in [0.15, 0.2) is 55.2 Å². The fourth-order valence-electron chi connectivity index (χ4n) is 4.10. The Hall–Kier alpha value is -4.02. The van der Waals surface area contributed by atoms with E-state index in [0.717, 1.165) is 0 Å². The quantitative estimate of drug-likeness (QED) is 0.509. The first-order chi connectivity index (χ1) is 17.2. The standard InChI is InChI=1S/C25H25F3N6O2/c26-25(27,28)8-5-16-1-3-20(4-2-16)33-24(36)18-11-21(19-12-30-15-31-13-19)23(32-14-18)34-9-6-17(7-10-34)22(29)35/h1-4,11-15,17H,5-10H2,(H2,29,35)(H,33,36). The molecule has 0 radical (unpaired) electrons. The van der Waals surface area contributed by atoms with Crippen molar-refractivity contribution in [3.05, 3.63) is 66.4 Å². The average Bonchev–Trinajstić information content (AvgIpc) is 2.88. The molecule has 36 heavy (non-hydrogen) atoms. The Balaban J connectivity index is 1.52. The minimum absolute atomic E-state index is 0.123. The minimum Gasteiger partial charge on any atom is -0.369 e. The summed E-state index contributed by atoms with van der Waals surface area (Å²) in [5.41, 5.74) is 8.08. The summed E-state index contributed by atoms with van der Waals surface area (Å²) in [7, 11) is 0. The van der Waals surface area contributed by atoms with Crippen LogP contribution in [-0.2, 0) is 11.2 Å². The molecule has 2 amide bonds. The highest BCUT2D eigenvalue weighted by Crippen LogP contribution is 2.32. The molecule has 8 nitrogen and oxygen atoms in total. The summed E-state index contributed by atoms with van der Waals surface area (Å²) in [6, 6.07) is 7.96. The number of nitrogens with zero attached hydrogens (tertiary/aromatic N) is 4. The lowest BCUT2D eigenvalue weighted by Gasteiger charge is -2.32. The molecule has 11 heteroatoms. The van der Waals surface area contributed by atoms with Gasteiger partial charge in [-0.3, -0.25) is 9.59 Å². The number of piperidine rings is 1. The van der Waals surface area contributed by atoms with Crippen molar-refractivity contribution >= 4 is 23.3 Å². The summed E-state index contributed by atoms with van der Waals surface area (Å²) < 4.78 is 37.3. The minimum atomic E-state index is -4.22. The predicted molar refractivity (Wildman–Crippen MR) is 128 cm³/mol. The number of hydrogen-bond donors (Lipinski definition) is 2. The van der Waals surface area contributed by atoms with E-state index in [1.807, 2.05) is 4.90 Å². The van der Waals surface area contributed by atoms with E-state index < -0.39 is 18.5 Å². The summed E-state index contributed by atoms with van der Waals surface area (Å²) in [4.78, 5) is 39.2. The second kappa shape index (κ2) is 10.7. The third-order valence-corrected chi connectivity index (χ3v) is 6.11. The van der Waals surface area contributed by atoms with Crippen molar-refractivity contribution in [2.45, 2.75) is 31.9 Å². The van der Waals surface area contributed by atoms with Crippen LogP contribution < -0.4 is 16.0 Å². The maximum atomic E-state index is 12.9. The van der Waals surface area contributed by atoms with E-state index >= 15 is 0 Å². The SMILES string of the molecule is NC(=O)C1CCN(c2ncc(C(=O)Nc3ccc(CCC(F)(F)F)cc3)cc2-c2cncnc2)CC1. The van der Waals surface area contributed by atoms with Crippen LogP contribution in [0, 0.1) is 5.92 Å². The number of primary amides is 1. The van der Waals surface area contributed by atoms with Gasteiger partial charge in [0.05, 0.1) is 5.56 Å². The molecule has 1 aromatic carbocycles. The summed E-state index contributed by atoms with van der Waals surface area (Å²) in [5, 5.41) is 2.76. The molecular formula is C25H25F3N6O2. The van der Waals surface area contributed by atoms with Crippen LogP contribution in [0.4, 0.5) is 24.7 Å². The topological polar surface area (TPSA) is 114 Å². The molecule has 0 spiro atoms. The molecule has 3 aromatic rings. The number of hydrogen-bond acceptors (Lipinski definition) is 6. The molecule has 1 fully saturated rings. The maximum Gasteiger partial charge on any atom is 0.389 e. The van der Waals surface area contributed by atoms with Crippen molar-refractivity contribution < 1.29 is 22.8 Å². The van der Waals surface area contributed by atoms with Gasteiger partial charge in [-0.05, 0) is 43.0 Å². The van der Waals surface area contributed by atoms with Crippen molar-refractivity contribution in [2.75, 3.05) is 23.3 Å². The highest BCUT2D eigenvalue weighted by Gasteiger charge is 2.27. The third kappa shape index (κ3) is 6.35. The van der Waals surface area contributed by atoms with E-state index in [-0.39, 0.29) is 18.2 Å². The van der Waals surface area contributed by atoms with E-state index in [9.17, 15) is 22.8 Å². The van der Waals surface area contributed by atoms with E-state index in [2.05, 4.69) is 20.3 Å². The molecule has 0 atom stereocenters. The van der Waals surface area contributed by atoms with Gasteiger partial charge in [-0.2, -0.15) is 13.2 Å². The molecule has 0 bridgehead atoms. The van der Waals surface area contributed by atoms with Gasteiger partial charge in [0.1, 0.15) is 12.1 Å². The molecule has 0 saturated carbocycles. The number of carbonyl (C=O) groups is 2. The number of nitrogens with one attached hydrogen (secondary N) is 1. The summed E-state index contributed by atoms with van der Waals surface area (Å²) in [6.07, 6.45) is 2.12. The van der Waals surface area contributed by atoms with Crippen molar-refractivity contribution in [1.82, 2.24) is 15.0 Å². The average molecular weight is 499 g/mol. The number of nitrogens with two attached hydrogens (primary N) is 1. The Bertz CT molecular complexity index is 1210. The van der Waals surface area contributed by atoms with Crippen molar-refractivity contribution in [3.63, 3.8) is 0 Å². The lowest BCUT2D eigenvalue weighted by atomic mass is 9.95. The molecule has 188 valence electrons. The molecule has 0 aliphatic carbocycles. The van der Waals surface area contributed by atoms with Crippen LogP contribution in [0.3, 0.4) is 0 Å². The normalized spacial score (nSPS) is 14.5. The number of benzene rings is 1. The zero-order valence-corrected chi connectivity index (χ0v) is 19.3. The monoisotopic (exact) mass is 498 g/mol. The zero-order chi connectivity index (χ0) is 25.7. The van der Waals surface area contributed by atoms with Gasteiger partial charge in [0, 0.05) is 60.8 Å². The fraction of sp³-hybridized carbons (Fsp3) is 0.320. The van der Waals surface area contributed by atoms with E-state index in [1.54, 1.807) is 42.7 Å². The molecule has 3 heterocycles. The summed E-state index contributed by atoms with van der Waals surface area (Å²) in [5.74, 6) is -0.240. The van der Waals surface area contributed by atoms with E-state index in [4.69, 9.17) is 5.73 Å². The van der Waals surface area contributed by atoms with Gasteiger partial charge >= 0.3 is 6.18 Å². The molecule has 2 aromatic heterocycles.